The molecule has 0 amide bonds. The molecule has 1 aliphatic rings. The zero-order valence-corrected chi connectivity index (χ0v) is 11.9. The zero-order valence-electron chi connectivity index (χ0n) is 11.9. The molecule has 0 aromatic heterocycles. The first-order valence-corrected chi connectivity index (χ1v) is 7.42. The Hall–Kier alpha value is -1.74. The highest BCUT2D eigenvalue weighted by Crippen LogP contribution is 2.34. The standard InChI is InChI=1S/C18H19F2N/c19-15-8-9-17(20)14(11-15)10-13-6-3-5-12-4-1-2-7-16(12)18(13)21/h1-2,4,7-9,11,13,18H,3,5-6,10,21H2. The lowest BCUT2D eigenvalue weighted by molar-refractivity contribution is 0.395. The highest BCUT2D eigenvalue weighted by molar-refractivity contribution is 5.32. The SMILES string of the molecule is NC1c2ccccc2CCCC1Cc1cc(F)ccc1F. The Kier molecular flexibility index (Phi) is 4.02. The van der Waals surface area contributed by atoms with E-state index in [-0.39, 0.29) is 17.8 Å². The van der Waals surface area contributed by atoms with Gasteiger partial charge >= 0.3 is 0 Å². The molecular weight excluding hydrogens is 268 g/mol. The molecule has 3 rings (SSSR count). The Morgan fingerprint density at radius 2 is 1.90 bits per heavy atom. The molecule has 2 atom stereocenters. The van der Waals surface area contributed by atoms with Gasteiger partial charge in [-0.3, -0.25) is 0 Å². The fourth-order valence-electron chi connectivity index (χ4n) is 3.29. The number of rotatable bonds is 2. The molecule has 2 aromatic carbocycles. The number of hydrogen-bond acceptors (Lipinski definition) is 1. The molecule has 0 radical (unpaired) electrons. The topological polar surface area (TPSA) is 26.0 Å². The third kappa shape index (κ3) is 2.98. The minimum atomic E-state index is -0.394. The maximum atomic E-state index is 13.8. The van der Waals surface area contributed by atoms with Crippen LogP contribution in [0.3, 0.4) is 0 Å². The van der Waals surface area contributed by atoms with Crippen molar-refractivity contribution in [2.24, 2.45) is 11.7 Å². The monoisotopic (exact) mass is 287 g/mol. The predicted molar refractivity (Wildman–Crippen MR) is 79.9 cm³/mol. The number of hydrogen-bond donors (Lipinski definition) is 1. The quantitative estimate of drug-likeness (QED) is 0.825. The average Bonchev–Trinajstić information content (AvgIpc) is 2.64. The first-order valence-electron chi connectivity index (χ1n) is 7.42. The molecule has 0 spiro atoms. The Bertz CT molecular complexity index is 639. The van der Waals surface area contributed by atoms with Crippen LogP contribution < -0.4 is 5.73 Å². The molecule has 0 aliphatic heterocycles. The zero-order chi connectivity index (χ0) is 14.8. The fraction of sp³-hybridized carbons (Fsp3) is 0.333. The Labute approximate surface area is 123 Å². The molecule has 2 N–H and O–H groups in total. The summed E-state index contributed by atoms with van der Waals surface area (Å²) in [5.74, 6) is -0.597. The van der Waals surface area contributed by atoms with Crippen LogP contribution in [0, 0.1) is 17.6 Å². The van der Waals surface area contributed by atoms with Gasteiger partial charge in [0.2, 0.25) is 0 Å². The van der Waals surface area contributed by atoms with E-state index in [1.54, 1.807) is 0 Å². The number of nitrogens with two attached hydrogens (primary N) is 1. The van der Waals surface area contributed by atoms with Crippen molar-refractivity contribution in [2.45, 2.75) is 31.7 Å². The Balaban J connectivity index is 1.87. The van der Waals surface area contributed by atoms with E-state index in [0.29, 0.717) is 12.0 Å². The van der Waals surface area contributed by atoms with Gasteiger partial charge in [-0.1, -0.05) is 24.3 Å². The molecule has 3 heteroatoms. The second-order valence-electron chi connectivity index (χ2n) is 5.82. The van der Waals surface area contributed by atoms with Gasteiger partial charge in [0.25, 0.3) is 0 Å². The summed E-state index contributed by atoms with van der Waals surface area (Å²) in [6.07, 6.45) is 3.46. The average molecular weight is 287 g/mol. The molecule has 0 saturated heterocycles. The van der Waals surface area contributed by atoms with Gasteiger partial charge in [0.05, 0.1) is 0 Å². The third-order valence-electron chi connectivity index (χ3n) is 4.43. The van der Waals surface area contributed by atoms with Crippen LogP contribution in [0.25, 0.3) is 0 Å². The first-order chi connectivity index (χ1) is 10.1. The molecule has 1 aliphatic carbocycles. The Morgan fingerprint density at radius 3 is 2.76 bits per heavy atom. The summed E-state index contributed by atoms with van der Waals surface area (Å²) in [7, 11) is 0. The molecule has 2 aromatic rings. The summed E-state index contributed by atoms with van der Waals surface area (Å²) >= 11 is 0. The van der Waals surface area contributed by atoms with Gasteiger partial charge in [0, 0.05) is 6.04 Å². The smallest absolute Gasteiger partial charge is 0.126 e. The van der Waals surface area contributed by atoms with E-state index >= 15 is 0 Å². The third-order valence-corrected chi connectivity index (χ3v) is 4.43. The van der Waals surface area contributed by atoms with Gasteiger partial charge in [-0.2, -0.15) is 0 Å². The van der Waals surface area contributed by atoms with Crippen LogP contribution in [-0.4, -0.2) is 0 Å². The number of aryl methyl sites for hydroxylation is 1. The summed E-state index contributed by atoms with van der Waals surface area (Å²) in [5, 5.41) is 0. The van der Waals surface area contributed by atoms with E-state index in [1.807, 2.05) is 12.1 Å². The van der Waals surface area contributed by atoms with Crippen LogP contribution in [0.5, 0.6) is 0 Å². The van der Waals surface area contributed by atoms with Crippen LogP contribution in [-0.2, 0) is 12.8 Å². The maximum Gasteiger partial charge on any atom is 0.126 e. The second-order valence-corrected chi connectivity index (χ2v) is 5.82. The summed E-state index contributed by atoms with van der Waals surface area (Å²) < 4.78 is 27.2. The van der Waals surface area contributed by atoms with Gasteiger partial charge < -0.3 is 5.73 Å². The van der Waals surface area contributed by atoms with E-state index in [1.165, 1.54) is 17.7 Å². The molecule has 0 fully saturated rings. The van der Waals surface area contributed by atoms with Gasteiger partial charge in [0.15, 0.2) is 0 Å². The molecule has 0 bridgehead atoms. The van der Waals surface area contributed by atoms with Gasteiger partial charge in [-0.25, -0.2) is 8.78 Å². The van der Waals surface area contributed by atoms with E-state index < -0.39 is 5.82 Å². The number of halogens is 2. The van der Waals surface area contributed by atoms with Gasteiger partial charge in [0.1, 0.15) is 11.6 Å². The normalized spacial score (nSPS) is 21.7. The van der Waals surface area contributed by atoms with Crippen molar-refractivity contribution >= 4 is 0 Å². The minimum absolute atomic E-state index is 0.119. The van der Waals surface area contributed by atoms with Crippen LogP contribution in [0.1, 0.15) is 35.6 Å². The molecular formula is C18H19F2N. The van der Waals surface area contributed by atoms with Crippen molar-refractivity contribution < 1.29 is 8.78 Å². The summed E-state index contributed by atoms with van der Waals surface area (Å²) in [6, 6.07) is 11.7. The minimum Gasteiger partial charge on any atom is -0.324 e. The van der Waals surface area contributed by atoms with Crippen molar-refractivity contribution in [1.29, 1.82) is 0 Å². The van der Waals surface area contributed by atoms with Crippen molar-refractivity contribution in [3.05, 3.63) is 70.8 Å². The summed E-state index contributed by atoms with van der Waals surface area (Å²) in [5.41, 5.74) is 9.27. The van der Waals surface area contributed by atoms with Crippen molar-refractivity contribution in [2.75, 3.05) is 0 Å². The van der Waals surface area contributed by atoms with Crippen LogP contribution >= 0.6 is 0 Å². The van der Waals surface area contributed by atoms with Crippen LogP contribution in [0.4, 0.5) is 8.78 Å². The van der Waals surface area contributed by atoms with Crippen LogP contribution in [0.15, 0.2) is 42.5 Å². The van der Waals surface area contributed by atoms with Crippen molar-refractivity contribution in [3.8, 4) is 0 Å². The lowest BCUT2D eigenvalue weighted by Gasteiger charge is -2.23. The second kappa shape index (κ2) is 5.94. The van der Waals surface area contributed by atoms with E-state index in [2.05, 4.69) is 12.1 Å². The lowest BCUT2D eigenvalue weighted by Crippen LogP contribution is -2.23. The molecule has 110 valence electrons. The highest BCUT2D eigenvalue weighted by atomic mass is 19.1. The molecule has 0 saturated carbocycles. The van der Waals surface area contributed by atoms with Crippen molar-refractivity contribution in [3.63, 3.8) is 0 Å². The summed E-state index contributed by atoms with van der Waals surface area (Å²) in [6.45, 7) is 0. The molecule has 0 heterocycles. The van der Waals surface area contributed by atoms with E-state index in [9.17, 15) is 8.78 Å². The largest absolute Gasteiger partial charge is 0.324 e. The number of benzene rings is 2. The molecule has 21 heavy (non-hydrogen) atoms. The Morgan fingerprint density at radius 1 is 1.10 bits per heavy atom. The highest BCUT2D eigenvalue weighted by Gasteiger charge is 2.25. The summed E-state index contributed by atoms with van der Waals surface area (Å²) in [4.78, 5) is 0. The van der Waals surface area contributed by atoms with E-state index in [4.69, 9.17) is 5.73 Å². The lowest BCUT2D eigenvalue weighted by atomic mass is 9.86. The first kappa shape index (κ1) is 14.2. The van der Waals surface area contributed by atoms with Gasteiger partial charge in [-0.15, -0.1) is 0 Å². The molecule has 1 nitrogen and oxygen atoms in total. The van der Waals surface area contributed by atoms with Gasteiger partial charge in [-0.05, 0) is 66.5 Å². The fourth-order valence-corrected chi connectivity index (χ4v) is 3.29. The number of fused-ring (bicyclic) bond motifs is 1. The van der Waals surface area contributed by atoms with E-state index in [0.717, 1.165) is 30.9 Å². The molecule has 2 unspecified atom stereocenters. The predicted octanol–water partition coefficient (Wildman–Crippen LogP) is 4.16. The van der Waals surface area contributed by atoms with Crippen LogP contribution in [0.2, 0.25) is 0 Å². The maximum absolute atomic E-state index is 13.8. The van der Waals surface area contributed by atoms with Crippen molar-refractivity contribution in [1.82, 2.24) is 0 Å².